The highest BCUT2D eigenvalue weighted by molar-refractivity contribution is 7.14. The summed E-state index contributed by atoms with van der Waals surface area (Å²) in [6.45, 7) is 8.93. The standard InChI is InChI=1S/C20H31N7O7S/c1-19(2,3)33-18(32)26-17-24-11(9-35-17)13(27-34-20(4,5)16(30)31)15(29)25-12-10(23-14(12)28)8-22-7-6-21/h9-10,12,22H,6-8,21H2,1-5H3,(H,23,28)(H,25,29)(H,30,31)(H,24,26,32)/b27-13-/t10-,12+/m1/s1. The second-order valence-electron chi connectivity index (χ2n) is 9.07. The molecule has 0 unspecified atom stereocenters. The second kappa shape index (κ2) is 11.4. The number of ether oxygens (including phenoxy) is 1. The molecule has 1 aliphatic rings. The maximum Gasteiger partial charge on any atom is 0.413 e. The molecule has 2 rings (SSSR count). The maximum atomic E-state index is 13.0. The summed E-state index contributed by atoms with van der Waals surface area (Å²) < 4.78 is 5.17. The van der Waals surface area contributed by atoms with Gasteiger partial charge in [0.05, 0.1) is 6.04 Å². The molecule has 0 radical (unpaired) electrons. The Morgan fingerprint density at radius 2 is 1.97 bits per heavy atom. The molecular formula is C20H31N7O7S. The molecule has 7 N–H and O–H groups in total. The van der Waals surface area contributed by atoms with Crippen molar-refractivity contribution in [1.29, 1.82) is 0 Å². The molecule has 0 spiro atoms. The second-order valence-corrected chi connectivity index (χ2v) is 9.93. The number of nitrogens with one attached hydrogen (secondary N) is 4. The van der Waals surface area contributed by atoms with Crippen LogP contribution in [0, 0.1) is 0 Å². The van der Waals surface area contributed by atoms with Gasteiger partial charge in [0.25, 0.3) is 5.91 Å². The highest BCUT2D eigenvalue weighted by Crippen LogP contribution is 2.19. The Hall–Kier alpha value is -3.30. The third kappa shape index (κ3) is 8.15. The number of aliphatic carboxylic acids is 1. The Kier molecular flexibility index (Phi) is 9.12. The van der Waals surface area contributed by atoms with Crippen LogP contribution in [-0.4, -0.2) is 82.6 Å². The summed E-state index contributed by atoms with van der Waals surface area (Å²) in [5.74, 6) is -2.52. The van der Waals surface area contributed by atoms with Crippen LogP contribution in [-0.2, 0) is 24.0 Å². The number of hydrogen-bond acceptors (Lipinski definition) is 11. The summed E-state index contributed by atoms with van der Waals surface area (Å²) in [6, 6.07) is -1.24. The van der Waals surface area contributed by atoms with Crippen LogP contribution >= 0.6 is 11.3 Å². The average molecular weight is 514 g/mol. The summed E-state index contributed by atoms with van der Waals surface area (Å²) in [6.07, 6.45) is -0.747. The molecular weight excluding hydrogens is 482 g/mol. The summed E-state index contributed by atoms with van der Waals surface area (Å²) in [4.78, 5) is 57.7. The predicted molar refractivity (Wildman–Crippen MR) is 127 cm³/mol. The fourth-order valence-corrected chi connectivity index (χ4v) is 3.26. The van der Waals surface area contributed by atoms with Gasteiger partial charge in [-0.2, -0.15) is 0 Å². The summed E-state index contributed by atoms with van der Waals surface area (Å²) in [5.41, 5.74) is 2.59. The summed E-state index contributed by atoms with van der Waals surface area (Å²) in [7, 11) is 0. The molecule has 1 saturated heterocycles. The van der Waals surface area contributed by atoms with Crippen LogP contribution in [0.2, 0.25) is 0 Å². The summed E-state index contributed by atoms with van der Waals surface area (Å²) >= 11 is 0.986. The SMILES string of the molecule is CC(C)(C)OC(=O)Nc1nc(/C(=N/OC(C)(C)C(=O)O)C(=O)N[C@@H]2C(=O)N[C@@H]2CNCCN)cs1. The lowest BCUT2D eigenvalue weighted by Gasteiger charge is -2.37. The van der Waals surface area contributed by atoms with Gasteiger partial charge in [-0.1, -0.05) is 5.16 Å². The molecule has 0 aliphatic carbocycles. The van der Waals surface area contributed by atoms with Crippen LogP contribution in [0.4, 0.5) is 9.93 Å². The number of amides is 3. The van der Waals surface area contributed by atoms with Crippen molar-refractivity contribution in [3.05, 3.63) is 11.1 Å². The minimum Gasteiger partial charge on any atom is -0.478 e. The monoisotopic (exact) mass is 513 g/mol. The first kappa shape index (κ1) is 27.9. The predicted octanol–water partition coefficient (Wildman–Crippen LogP) is -0.394. The van der Waals surface area contributed by atoms with Gasteiger partial charge in [0.1, 0.15) is 17.3 Å². The van der Waals surface area contributed by atoms with Gasteiger partial charge in [0, 0.05) is 25.0 Å². The Bertz CT molecular complexity index is 987. The topological polar surface area (TPSA) is 206 Å². The van der Waals surface area contributed by atoms with Crippen molar-refractivity contribution in [1.82, 2.24) is 20.9 Å². The number of carbonyl (C=O) groups excluding carboxylic acids is 3. The number of β-lactam (4-membered cyclic amide) rings is 1. The number of hydrogen-bond donors (Lipinski definition) is 6. The zero-order valence-corrected chi connectivity index (χ0v) is 20.9. The van der Waals surface area contributed by atoms with Gasteiger partial charge in [-0.3, -0.25) is 14.9 Å². The lowest BCUT2D eigenvalue weighted by molar-refractivity contribution is -0.161. The molecule has 14 nitrogen and oxygen atoms in total. The van der Waals surface area contributed by atoms with E-state index in [-0.39, 0.29) is 22.6 Å². The smallest absolute Gasteiger partial charge is 0.413 e. The largest absolute Gasteiger partial charge is 0.478 e. The normalized spacial score (nSPS) is 18.2. The number of nitrogens with two attached hydrogens (primary N) is 1. The van der Waals surface area contributed by atoms with Crippen molar-refractivity contribution < 1.29 is 33.9 Å². The van der Waals surface area contributed by atoms with Crippen molar-refractivity contribution in [2.75, 3.05) is 25.0 Å². The van der Waals surface area contributed by atoms with Crippen molar-refractivity contribution in [3.8, 4) is 0 Å². The van der Waals surface area contributed by atoms with E-state index in [2.05, 4.69) is 31.4 Å². The Balaban J connectivity index is 2.22. The Morgan fingerprint density at radius 3 is 2.54 bits per heavy atom. The maximum absolute atomic E-state index is 13.0. The first-order valence-electron chi connectivity index (χ1n) is 10.7. The van der Waals surface area contributed by atoms with Crippen LogP contribution in [0.15, 0.2) is 10.5 Å². The van der Waals surface area contributed by atoms with Crippen molar-refractivity contribution in [2.24, 2.45) is 10.9 Å². The number of oxime groups is 1. The van der Waals surface area contributed by atoms with Gasteiger partial charge in [0.2, 0.25) is 11.5 Å². The molecule has 1 aromatic heterocycles. The number of carboxylic acid groups (broad SMARTS) is 1. The minimum atomic E-state index is -1.75. The number of carbonyl (C=O) groups is 4. The van der Waals surface area contributed by atoms with Crippen LogP contribution < -0.4 is 27.0 Å². The van der Waals surface area contributed by atoms with E-state index in [1.54, 1.807) is 20.8 Å². The highest BCUT2D eigenvalue weighted by Gasteiger charge is 2.41. The molecule has 0 saturated carbocycles. The van der Waals surface area contributed by atoms with E-state index in [0.717, 1.165) is 11.3 Å². The van der Waals surface area contributed by atoms with Crippen molar-refractivity contribution >= 4 is 46.1 Å². The molecule has 1 aromatic rings. The molecule has 0 aromatic carbocycles. The minimum absolute atomic E-state index is 0.00251. The number of aromatic nitrogens is 1. The fourth-order valence-electron chi connectivity index (χ4n) is 2.58. The molecule has 194 valence electrons. The lowest BCUT2D eigenvalue weighted by atomic mass is 9.98. The van der Waals surface area contributed by atoms with Crippen LogP contribution in [0.1, 0.15) is 40.3 Å². The number of thiazole rings is 1. The van der Waals surface area contributed by atoms with Gasteiger partial charge < -0.3 is 36.4 Å². The van der Waals surface area contributed by atoms with Gasteiger partial charge >= 0.3 is 12.1 Å². The summed E-state index contributed by atoms with van der Waals surface area (Å²) in [5, 5.41) is 25.3. The van der Waals surface area contributed by atoms with Crippen molar-refractivity contribution in [3.63, 3.8) is 0 Å². The molecule has 2 atom stereocenters. The van der Waals surface area contributed by atoms with E-state index in [4.69, 9.17) is 15.3 Å². The van der Waals surface area contributed by atoms with Crippen LogP contribution in [0.3, 0.4) is 0 Å². The van der Waals surface area contributed by atoms with E-state index in [9.17, 15) is 24.3 Å². The van der Waals surface area contributed by atoms with E-state index >= 15 is 0 Å². The lowest BCUT2D eigenvalue weighted by Crippen LogP contribution is -2.72. The average Bonchev–Trinajstić information content (AvgIpc) is 3.17. The highest BCUT2D eigenvalue weighted by atomic mass is 32.1. The Labute approximate surface area is 206 Å². The number of carboxylic acids is 1. The van der Waals surface area contributed by atoms with E-state index in [1.807, 2.05) is 0 Å². The third-order valence-corrected chi connectivity index (χ3v) is 5.19. The van der Waals surface area contributed by atoms with Gasteiger partial charge in [-0.05, 0) is 34.6 Å². The Morgan fingerprint density at radius 1 is 1.29 bits per heavy atom. The molecule has 3 amide bonds. The molecule has 0 bridgehead atoms. The first-order valence-corrected chi connectivity index (χ1v) is 11.6. The number of nitrogens with zero attached hydrogens (tertiary/aromatic N) is 2. The van der Waals surface area contributed by atoms with Gasteiger partial charge in [-0.15, -0.1) is 11.3 Å². The van der Waals surface area contributed by atoms with Crippen molar-refractivity contribution in [2.45, 2.75) is 57.9 Å². The zero-order valence-electron chi connectivity index (χ0n) is 20.1. The van der Waals surface area contributed by atoms with Gasteiger partial charge in [-0.25, -0.2) is 14.6 Å². The van der Waals surface area contributed by atoms with E-state index in [1.165, 1.54) is 19.2 Å². The van der Waals surface area contributed by atoms with Crippen LogP contribution in [0.5, 0.6) is 0 Å². The molecule has 2 heterocycles. The first-order chi connectivity index (χ1) is 16.2. The number of rotatable bonds is 11. The number of anilines is 1. The quantitative estimate of drug-likeness (QED) is 0.0977. The van der Waals surface area contributed by atoms with Crippen LogP contribution in [0.25, 0.3) is 0 Å². The molecule has 1 aliphatic heterocycles. The molecule has 15 heteroatoms. The fraction of sp³-hybridized carbons (Fsp3) is 0.600. The third-order valence-electron chi connectivity index (χ3n) is 4.43. The molecule has 35 heavy (non-hydrogen) atoms. The van der Waals surface area contributed by atoms with E-state index < -0.39 is 41.1 Å². The van der Waals surface area contributed by atoms with E-state index in [0.29, 0.717) is 19.6 Å². The zero-order chi connectivity index (χ0) is 26.4. The molecule has 1 fully saturated rings. The van der Waals surface area contributed by atoms with Gasteiger partial charge in [0.15, 0.2) is 10.8 Å².